The van der Waals surface area contributed by atoms with Crippen LogP contribution in [0.2, 0.25) is 0 Å². The molecule has 2 unspecified atom stereocenters. The Kier molecular flexibility index (Phi) is 4.87. The highest BCUT2D eigenvalue weighted by atomic mass is 16.5. The molecule has 2 atom stereocenters. The third-order valence-electron chi connectivity index (χ3n) is 3.43. The van der Waals surface area contributed by atoms with Gasteiger partial charge in [-0.15, -0.1) is 0 Å². The van der Waals surface area contributed by atoms with Gasteiger partial charge in [-0.2, -0.15) is 0 Å². The van der Waals surface area contributed by atoms with Crippen LogP contribution in [0.3, 0.4) is 0 Å². The van der Waals surface area contributed by atoms with Gasteiger partial charge in [0.05, 0.1) is 18.6 Å². The van der Waals surface area contributed by atoms with E-state index in [1.165, 1.54) is 0 Å². The van der Waals surface area contributed by atoms with E-state index in [1.807, 2.05) is 30.2 Å². The summed E-state index contributed by atoms with van der Waals surface area (Å²) < 4.78 is 5.08. The Morgan fingerprint density at radius 1 is 1.68 bits per heavy atom. The summed E-state index contributed by atoms with van der Waals surface area (Å²) in [6.45, 7) is 4.71. The number of carbonyl (C=O) groups is 1. The minimum atomic E-state index is -0.109. The molecule has 0 aromatic carbocycles. The molecule has 0 radical (unpaired) electrons. The molecule has 1 saturated heterocycles. The Morgan fingerprint density at radius 3 is 3.21 bits per heavy atom. The zero-order valence-corrected chi connectivity index (χ0v) is 11.5. The topological polar surface area (TPSA) is 54.5 Å². The third kappa shape index (κ3) is 3.30. The number of pyridine rings is 1. The Balaban J connectivity index is 2.14. The van der Waals surface area contributed by atoms with Crippen LogP contribution in [0.4, 0.5) is 0 Å². The third-order valence-corrected chi connectivity index (χ3v) is 3.43. The van der Waals surface area contributed by atoms with Crippen molar-refractivity contribution in [2.75, 3.05) is 33.4 Å². The van der Waals surface area contributed by atoms with Crippen molar-refractivity contribution in [2.45, 2.75) is 13.0 Å². The molecule has 104 valence electrons. The number of nitrogens with zero attached hydrogens (tertiary/aromatic N) is 2. The first-order chi connectivity index (χ1) is 9.24. The highest BCUT2D eigenvalue weighted by Crippen LogP contribution is 2.23. The summed E-state index contributed by atoms with van der Waals surface area (Å²) in [5.41, 5.74) is 1.08. The molecule has 1 amide bonds. The van der Waals surface area contributed by atoms with Gasteiger partial charge in [-0.05, 0) is 11.6 Å². The van der Waals surface area contributed by atoms with Crippen molar-refractivity contribution in [1.82, 2.24) is 15.2 Å². The quantitative estimate of drug-likeness (QED) is 0.874. The van der Waals surface area contributed by atoms with Gasteiger partial charge in [-0.3, -0.25) is 9.78 Å². The van der Waals surface area contributed by atoms with E-state index in [2.05, 4.69) is 10.3 Å². The Morgan fingerprint density at radius 2 is 2.53 bits per heavy atom. The molecule has 1 fully saturated rings. The molecule has 0 spiro atoms. The van der Waals surface area contributed by atoms with E-state index in [4.69, 9.17) is 4.74 Å². The first kappa shape index (κ1) is 14.0. The van der Waals surface area contributed by atoms with Gasteiger partial charge >= 0.3 is 0 Å². The molecule has 2 heterocycles. The smallest absolute Gasteiger partial charge is 0.228 e. The summed E-state index contributed by atoms with van der Waals surface area (Å²) >= 11 is 0. The normalized spacial score (nSPS) is 21.2. The van der Waals surface area contributed by atoms with Crippen LogP contribution in [0, 0.1) is 5.92 Å². The highest BCUT2D eigenvalue weighted by Gasteiger charge is 2.30. The monoisotopic (exact) mass is 263 g/mol. The summed E-state index contributed by atoms with van der Waals surface area (Å²) in [7, 11) is 1.63. The van der Waals surface area contributed by atoms with Gasteiger partial charge in [0.15, 0.2) is 0 Å². The fourth-order valence-corrected chi connectivity index (χ4v) is 2.44. The summed E-state index contributed by atoms with van der Waals surface area (Å²) in [6, 6.07) is 3.99. The van der Waals surface area contributed by atoms with E-state index in [9.17, 15) is 4.79 Å². The minimum absolute atomic E-state index is 0.0641. The van der Waals surface area contributed by atoms with Gasteiger partial charge in [0.25, 0.3) is 0 Å². The summed E-state index contributed by atoms with van der Waals surface area (Å²) in [5, 5.41) is 3.34. The summed E-state index contributed by atoms with van der Waals surface area (Å²) in [5.74, 6) is 0.0412. The van der Waals surface area contributed by atoms with Crippen molar-refractivity contribution in [3.8, 4) is 0 Å². The van der Waals surface area contributed by atoms with Crippen LogP contribution in [0.1, 0.15) is 18.5 Å². The van der Waals surface area contributed by atoms with Gasteiger partial charge in [-0.25, -0.2) is 0 Å². The lowest BCUT2D eigenvalue weighted by molar-refractivity contribution is -0.140. The van der Waals surface area contributed by atoms with E-state index < -0.39 is 0 Å². The molecule has 1 aromatic heterocycles. The number of methoxy groups -OCH3 is 1. The first-order valence-corrected chi connectivity index (χ1v) is 6.64. The number of piperazine rings is 1. The van der Waals surface area contributed by atoms with Crippen molar-refractivity contribution in [3.05, 3.63) is 30.1 Å². The van der Waals surface area contributed by atoms with Crippen molar-refractivity contribution in [3.63, 3.8) is 0 Å². The van der Waals surface area contributed by atoms with E-state index in [1.54, 1.807) is 13.3 Å². The average molecular weight is 263 g/mol. The van der Waals surface area contributed by atoms with Crippen molar-refractivity contribution in [1.29, 1.82) is 0 Å². The molecule has 0 saturated carbocycles. The maximum Gasteiger partial charge on any atom is 0.228 e. The van der Waals surface area contributed by atoms with Crippen molar-refractivity contribution >= 4 is 5.91 Å². The lowest BCUT2D eigenvalue weighted by atomic mass is 10.0. The lowest BCUT2D eigenvalue weighted by Crippen LogP contribution is -2.50. The summed E-state index contributed by atoms with van der Waals surface area (Å²) in [4.78, 5) is 18.6. The zero-order valence-electron chi connectivity index (χ0n) is 11.5. The molecule has 19 heavy (non-hydrogen) atoms. The standard InChI is InChI=1S/C14H21N3O2/c1-11(10-19-2)14(18)17-7-6-16-9-13(17)12-4-3-5-15-8-12/h3-5,8,11,13,16H,6-7,9-10H2,1-2H3. The van der Waals surface area contributed by atoms with Gasteiger partial charge in [0.2, 0.25) is 5.91 Å². The molecular weight excluding hydrogens is 242 g/mol. The number of aromatic nitrogens is 1. The second-order valence-electron chi connectivity index (χ2n) is 4.89. The number of carbonyl (C=O) groups excluding carboxylic acids is 1. The number of nitrogens with one attached hydrogen (secondary N) is 1. The molecule has 1 aromatic rings. The number of amides is 1. The molecule has 1 N–H and O–H groups in total. The zero-order chi connectivity index (χ0) is 13.7. The Hall–Kier alpha value is -1.46. The van der Waals surface area contributed by atoms with Crippen LogP contribution in [-0.2, 0) is 9.53 Å². The maximum atomic E-state index is 12.5. The maximum absolute atomic E-state index is 12.5. The highest BCUT2D eigenvalue weighted by molar-refractivity contribution is 5.79. The van der Waals surface area contributed by atoms with Gasteiger partial charge in [0, 0.05) is 39.1 Å². The predicted molar refractivity (Wildman–Crippen MR) is 72.6 cm³/mol. The molecule has 0 aliphatic carbocycles. The summed E-state index contributed by atoms with van der Waals surface area (Å²) in [6.07, 6.45) is 3.58. The Bertz CT molecular complexity index is 410. The van der Waals surface area contributed by atoms with Crippen LogP contribution in [-0.4, -0.2) is 49.1 Å². The molecule has 1 aliphatic rings. The molecular formula is C14H21N3O2. The number of hydrogen-bond donors (Lipinski definition) is 1. The van der Waals surface area contributed by atoms with E-state index >= 15 is 0 Å². The minimum Gasteiger partial charge on any atom is -0.384 e. The Labute approximate surface area is 114 Å². The molecule has 2 rings (SSSR count). The second-order valence-corrected chi connectivity index (χ2v) is 4.89. The average Bonchev–Trinajstić information content (AvgIpc) is 2.47. The van der Waals surface area contributed by atoms with E-state index in [-0.39, 0.29) is 17.9 Å². The van der Waals surface area contributed by atoms with E-state index in [0.717, 1.165) is 25.2 Å². The van der Waals surface area contributed by atoms with Crippen molar-refractivity contribution in [2.24, 2.45) is 5.92 Å². The molecule has 0 bridgehead atoms. The lowest BCUT2D eigenvalue weighted by Gasteiger charge is -2.37. The fraction of sp³-hybridized carbons (Fsp3) is 0.571. The van der Waals surface area contributed by atoms with Gasteiger partial charge < -0.3 is 15.0 Å². The second kappa shape index (κ2) is 6.63. The fourth-order valence-electron chi connectivity index (χ4n) is 2.44. The van der Waals surface area contributed by atoms with Crippen LogP contribution in [0.25, 0.3) is 0 Å². The van der Waals surface area contributed by atoms with Crippen LogP contribution >= 0.6 is 0 Å². The molecule has 5 nitrogen and oxygen atoms in total. The largest absolute Gasteiger partial charge is 0.384 e. The number of ether oxygens (including phenoxy) is 1. The first-order valence-electron chi connectivity index (χ1n) is 6.64. The van der Waals surface area contributed by atoms with Crippen LogP contribution in [0.5, 0.6) is 0 Å². The number of rotatable bonds is 4. The van der Waals surface area contributed by atoms with Crippen LogP contribution in [0.15, 0.2) is 24.5 Å². The van der Waals surface area contributed by atoms with Crippen molar-refractivity contribution < 1.29 is 9.53 Å². The molecule has 5 heteroatoms. The van der Waals surface area contributed by atoms with E-state index in [0.29, 0.717) is 6.61 Å². The molecule has 1 aliphatic heterocycles. The SMILES string of the molecule is COCC(C)C(=O)N1CCNCC1c1cccnc1. The van der Waals surface area contributed by atoms with Gasteiger partial charge in [0.1, 0.15) is 0 Å². The van der Waals surface area contributed by atoms with Gasteiger partial charge in [-0.1, -0.05) is 13.0 Å². The van der Waals surface area contributed by atoms with Crippen LogP contribution < -0.4 is 5.32 Å². The number of hydrogen-bond acceptors (Lipinski definition) is 4. The predicted octanol–water partition coefficient (Wildman–Crippen LogP) is 0.837.